The first-order valence-corrected chi connectivity index (χ1v) is 4.07. The lowest BCUT2D eigenvalue weighted by molar-refractivity contribution is 0.102. The molecule has 0 amide bonds. The van der Waals surface area contributed by atoms with E-state index in [9.17, 15) is 4.79 Å². The number of aryl methyl sites for hydroxylation is 2. The average molecular weight is 191 g/mol. The van der Waals surface area contributed by atoms with Gasteiger partial charge in [-0.1, -0.05) is 5.21 Å². The van der Waals surface area contributed by atoms with E-state index in [4.69, 9.17) is 0 Å². The van der Waals surface area contributed by atoms with Crippen molar-refractivity contribution in [3.05, 3.63) is 29.8 Å². The summed E-state index contributed by atoms with van der Waals surface area (Å²) in [6.07, 6.45) is 3.28. The summed E-state index contributed by atoms with van der Waals surface area (Å²) in [7, 11) is 3.47. The lowest BCUT2D eigenvalue weighted by Gasteiger charge is -1.89. The molecule has 0 N–H and O–H groups in total. The van der Waals surface area contributed by atoms with Crippen LogP contribution in [0.5, 0.6) is 0 Å². The minimum absolute atomic E-state index is 0.210. The van der Waals surface area contributed by atoms with Crippen LogP contribution >= 0.6 is 0 Å². The van der Waals surface area contributed by atoms with Crippen LogP contribution in [0.3, 0.4) is 0 Å². The minimum Gasteiger partial charge on any atom is -0.285 e. The molecule has 0 unspecified atom stereocenters. The van der Waals surface area contributed by atoms with Crippen LogP contribution in [0.1, 0.15) is 16.2 Å². The van der Waals surface area contributed by atoms with Gasteiger partial charge in [-0.3, -0.25) is 14.2 Å². The molecule has 14 heavy (non-hydrogen) atoms. The highest BCUT2D eigenvalue weighted by atomic mass is 16.1. The van der Waals surface area contributed by atoms with Crippen molar-refractivity contribution in [3.8, 4) is 0 Å². The molecule has 0 atom stereocenters. The number of ketones is 1. The fourth-order valence-electron chi connectivity index (χ4n) is 1.12. The summed E-state index contributed by atoms with van der Waals surface area (Å²) in [6.45, 7) is 0. The van der Waals surface area contributed by atoms with Crippen molar-refractivity contribution in [3.63, 3.8) is 0 Å². The Kier molecular flexibility index (Phi) is 1.88. The monoisotopic (exact) mass is 191 g/mol. The maximum Gasteiger partial charge on any atom is 0.235 e. The van der Waals surface area contributed by atoms with Gasteiger partial charge in [-0.15, -0.1) is 5.10 Å². The quantitative estimate of drug-likeness (QED) is 0.615. The van der Waals surface area contributed by atoms with Crippen LogP contribution in [0.4, 0.5) is 0 Å². The standard InChI is InChI=1S/C8H9N5O/c1-12-4-3-6(10-12)8(14)7-5-13(2)11-9-7/h3-5H,1-2H3. The van der Waals surface area contributed by atoms with Gasteiger partial charge in [0.25, 0.3) is 0 Å². The summed E-state index contributed by atoms with van der Waals surface area (Å²) >= 11 is 0. The minimum atomic E-state index is -0.210. The highest BCUT2D eigenvalue weighted by Gasteiger charge is 2.14. The van der Waals surface area contributed by atoms with Crippen LogP contribution in [0.15, 0.2) is 18.5 Å². The highest BCUT2D eigenvalue weighted by Crippen LogP contribution is 2.03. The Morgan fingerprint density at radius 2 is 2.07 bits per heavy atom. The van der Waals surface area contributed by atoms with Crippen molar-refractivity contribution in [2.45, 2.75) is 0 Å². The predicted octanol–water partition coefficient (Wildman–Crippen LogP) is -0.220. The Morgan fingerprint density at radius 3 is 2.57 bits per heavy atom. The first-order chi connectivity index (χ1) is 6.66. The van der Waals surface area contributed by atoms with Gasteiger partial charge in [-0.25, -0.2) is 0 Å². The van der Waals surface area contributed by atoms with Gasteiger partial charge in [0.1, 0.15) is 5.69 Å². The third kappa shape index (κ3) is 1.41. The molecule has 0 aromatic carbocycles. The zero-order chi connectivity index (χ0) is 10.1. The van der Waals surface area contributed by atoms with Crippen molar-refractivity contribution in [2.24, 2.45) is 14.1 Å². The largest absolute Gasteiger partial charge is 0.285 e. The van der Waals surface area contributed by atoms with Crippen LogP contribution in [0.2, 0.25) is 0 Å². The zero-order valence-electron chi connectivity index (χ0n) is 7.88. The summed E-state index contributed by atoms with van der Waals surface area (Å²) in [5, 5.41) is 11.4. The van der Waals surface area contributed by atoms with Crippen molar-refractivity contribution in [2.75, 3.05) is 0 Å². The number of carbonyl (C=O) groups is 1. The predicted molar refractivity (Wildman–Crippen MR) is 47.6 cm³/mol. The van der Waals surface area contributed by atoms with Crippen LogP contribution < -0.4 is 0 Å². The first kappa shape index (κ1) is 8.61. The molecule has 6 nitrogen and oxygen atoms in total. The maximum absolute atomic E-state index is 11.7. The first-order valence-electron chi connectivity index (χ1n) is 4.07. The molecule has 0 aliphatic rings. The van der Waals surface area contributed by atoms with Crippen LogP contribution in [0.25, 0.3) is 0 Å². The second-order valence-electron chi connectivity index (χ2n) is 2.98. The topological polar surface area (TPSA) is 65.6 Å². The van der Waals surface area contributed by atoms with E-state index in [2.05, 4.69) is 15.4 Å². The lowest BCUT2D eigenvalue weighted by atomic mass is 10.2. The fraction of sp³-hybridized carbons (Fsp3) is 0.250. The number of aromatic nitrogens is 5. The normalized spacial score (nSPS) is 10.4. The van der Waals surface area contributed by atoms with E-state index >= 15 is 0 Å². The van der Waals surface area contributed by atoms with Gasteiger partial charge in [0, 0.05) is 20.3 Å². The molecule has 0 bridgehead atoms. The number of nitrogens with zero attached hydrogens (tertiary/aromatic N) is 5. The zero-order valence-corrected chi connectivity index (χ0v) is 7.88. The Bertz CT molecular complexity index is 427. The molecule has 0 spiro atoms. The van der Waals surface area contributed by atoms with E-state index in [0.717, 1.165) is 0 Å². The second kappa shape index (κ2) is 3.06. The van der Waals surface area contributed by atoms with Crippen molar-refractivity contribution >= 4 is 5.78 Å². The third-order valence-corrected chi connectivity index (χ3v) is 1.78. The van der Waals surface area contributed by atoms with Gasteiger partial charge in [0.2, 0.25) is 5.78 Å². The van der Waals surface area contributed by atoms with Crippen molar-refractivity contribution in [1.29, 1.82) is 0 Å². The van der Waals surface area contributed by atoms with Crippen LogP contribution in [0, 0.1) is 0 Å². The van der Waals surface area contributed by atoms with Crippen molar-refractivity contribution < 1.29 is 4.79 Å². The SMILES string of the molecule is Cn1cc(C(=O)c2ccn(C)n2)nn1. The summed E-state index contributed by atoms with van der Waals surface area (Å²) in [5.41, 5.74) is 0.694. The van der Waals surface area contributed by atoms with Gasteiger partial charge in [0.05, 0.1) is 6.20 Å². The van der Waals surface area contributed by atoms with Gasteiger partial charge < -0.3 is 0 Å². The number of rotatable bonds is 2. The van der Waals surface area contributed by atoms with E-state index in [1.54, 1.807) is 37.2 Å². The molecule has 0 fully saturated rings. The molecular weight excluding hydrogens is 182 g/mol. The molecule has 2 aromatic heterocycles. The van der Waals surface area contributed by atoms with E-state index in [-0.39, 0.29) is 5.78 Å². The summed E-state index contributed by atoms with van der Waals surface area (Å²) in [5.74, 6) is -0.210. The molecule has 0 aliphatic carbocycles. The summed E-state index contributed by atoms with van der Waals surface area (Å²) in [4.78, 5) is 11.7. The van der Waals surface area contributed by atoms with E-state index in [1.807, 2.05) is 0 Å². The Balaban J connectivity index is 2.33. The maximum atomic E-state index is 11.7. The van der Waals surface area contributed by atoms with E-state index in [0.29, 0.717) is 11.4 Å². The molecular formula is C8H9N5O. The second-order valence-corrected chi connectivity index (χ2v) is 2.98. The molecule has 0 saturated carbocycles. The van der Waals surface area contributed by atoms with Crippen LogP contribution in [-0.2, 0) is 14.1 Å². The molecule has 0 saturated heterocycles. The Hall–Kier alpha value is -1.98. The Morgan fingerprint density at radius 1 is 1.29 bits per heavy atom. The smallest absolute Gasteiger partial charge is 0.235 e. The molecule has 6 heteroatoms. The fourth-order valence-corrected chi connectivity index (χ4v) is 1.12. The Labute approximate surface area is 80.1 Å². The molecule has 2 aromatic rings. The highest BCUT2D eigenvalue weighted by molar-refractivity contribution is 6.05. The number of carbonyl (C=O) groups excluding carboxylic acids is 1. The van der Waals surface area contributed by atoms with Gasteiger partial charge in [-0.05, 0) is 6.07 Å². The molecule has 2 heterocycles. The number of hydrogen-bond donors (Lipinski definition) is 0. The molecule has 72 valence electrons. The molecule has 0 aliphatic heterocycles. The summed E-state index contributed by atoms with van der Waals surface area (Å²) in [6, 6.07) is 1.65. The van der Waals surface area contributed by atoms with Crippen molar-refractivity contribution in [1.82, 2.24) is 24.8 Å². The van der Waals surface area contributed by atoms with E-state index < -0.39 is 0 Å². The summed E-state index contributed by atoms with van der Waals surface area (Å²) < 4.78 is 3.06. The van der Waals surface area contributed by atoms with Crippen LogP contribution in [-0.4, -0.2) is 30.6 Å². The third-order valence-electron chi connectivity index (χ3n) is 1.78. The molecule has 0 radical (unpaired) electrons. The van der Waals surface area contributed by atoms with Gasteiger partial charge in [-0.2, -0.15) is 5.10 Å². The molecule has 2 rings (SSSR count). The number of hydrogen-bond acceptors (Lipinski definition) is 4. The lowest BCUT2D eigenvalue weighted by Crippen LogP contribution is -2.03. The van der Waals surface area contributed by atoms with Gasteiger partial charge >= 0.3 is 0 Å². The average Bonchev–Trinajstić information content (AvgIpc) is 2.73. The van der Waals surface area contributed by atoms with E-state index in [1.165, 1.54) is 4.68 Å². The van der Waals surface area contributed by atoms with Gasteiger partial charge in [0.15, 0.2) is 5.69 Å².